The van der Waals surface area contributed by atoms with E-state index in [2.05, 4.69) is 101 Å². The SMILES string of the molecule is [Au+].c1ccc([PH+](c2ccccc2)c2ccccc2)cc1.c1ccc2[n-]cnc2c1. The average Bonchev–Trinajstić information content (AvgIpc) is 3.26. The molecule has 0 radical (unpaired) electrons. The zero-order valence-corrected chi connectivity index (χ0v) is 18.9. The summed E-state index contributed by atoms with van der Waals surface area (Å²) in [6.07, 6.45) is 1.57. The molecule has 1 aromatic heterocycles. The van der Waals surface area contributed by atoms with Crippen molar-refractivity contribution in [3.05, 3.63) is 122 Å². The van der Waals surface area contributed by atoms with Crippen LogP contribution in [0.25, 0.3) is 11.0 Å². The Bertz CT molecular complexity index is 988. The summed E-state index contributed by atoms with van der Waals surface area (Å²) in [4.78, 5) is 8.02. The van der Waals surface area contributed by atoms with Gasteiger partial charge < -0.3 is 9.97 Å². The van der Waals surface area contributed by atoms with E-state index < -0.39 is 7.92 Å². The van der Waals surface area contributed by atoms with Crippen LogP contribution in [0, 0.1) is 0 Å². The number of fused-ring (bicyclic) bond motifs is 1. The van der Waals surface area contributed by atoms with Crippen molar-refractivity contribution in [2.45, 2.75) is 0 Å². The normalized spacial score (nSPS) is 10.1. The van der Waals surface area contributed by atoms with Crippen molar-refractivity contribution in [1.82, 2.24) is 9.97 Å². The average molecular weight is 577 g/mol. The second kappa shape index (κ2) is 10.9. The van der Waals surface area contributed by atoms with Crippen LogP contribution in [0.15, 0.2) is 122 Å². The number of hydrogen-bond donors (Lipinski definition) is 0. The van der Waals surface area contributed by atoms with Gasteiger partial charge in [0.25, 0.3) is 0 Å². The number of rotatable bonds is 3. The van der Waals surface area contributed by atoms with Gasteiger partial charge >= 0.3 is 22.4 Å². The zero-order valence-electron chi connectivity index (χ0n) is 15.7. The quantitative estimate of drug-likeness (QED) is 0.236. The molecule has 0 amide bonds. The Kier molecular flexibility index (Phi) is 7.98. The summed E-state index contributed by atoms with van der Waals surface area (Å²) in [7, 11) is -0.877. The first-order chi connectivity index (χ1) is 13.9. The van der Waals surface area contributed by atoms with Crippen LogP contribution >= 0.6 is 7.92 Å². The van der Waals surface area contributed by atoms with Gasteiger partial charge in [-0.3, -0.25) is 0 Å². The third kappa shape index (κ3) is 5.53. The van der Waals surface area contributed by atoms with E-state index in [9.17, 15) is 0 Å². The topological polar surface area (TPSA) is 27.0 Å². The Morgan fingerprint density at radius 3 is 1.38 bits per heavy atom. The Hall–Kier alpha value is -2.48. The molecule has 0 aliphatic heterocycles. The minimum Gasteiger partial charge on any atom is -0.443 e. The van der Waals surface area contributed by atoms with Gasteiger partial charge in [0.15, 0.2) is 0 Å². The molecule has 0 unspecified atom stereocenters. The number of benzene rings is 4. The van der Waals surface area contributed by atoms with E-state index in [0.717, 1.165) is 11.0 Å². The molecule has 0 aliphatic carbocycles. The van der Waals surface area contributed by atoms with Gasteiger partial charge in [0, 0.05) is 0 Å². The van der Waals surface area contributed by atoms with Gasteiger partial charge in [-0.05, 0) is 47.4 Å². The molecule has 0 bridgehead atoms. The fraction of sp³-hybridized carbons (Fsp3) is 0. The molecule has 0 aliphatic rings. The standard InChI is InChI=1S/C18H15P.C7H5N2.Au/c1-4-10-16(11-5-1)19(17-12-6-2-7-13-17)18-14-8-3-9-15-18;1-2-4-7-6(3-1)8-5-9-7;/h1-15H;1-5H;/q;-1;+1/p+1. The summed E-state index contributed by atoms with van der Waals surface area (Å²) in [5.74, 6) is 0. The molecule has 0 saturated heterocycles. The van der Waals surface area contributed by atoms with Crippen molar-refractivity contribution >= 4 is 34.9 Å². The Morgan fingerprint density at radius 1 is 0.517 bits per heavy atom. The summed E-state index contributed by atoms with van der Waals surface area (Å²) in [6, 6.07) is 40.3. The first-order valence-electron chi connectivity index (χ1n) is 9.27. The maximum atomic E-state index is 4.01. The number of para-hydroxylation sites is 2. The van der Waals surface area contributed by atoms with Crippen molar-refractivity contribution in [2.75, 3.05) is 0 Å². The molecule has 2 nitrogen and oxygen atoms in total. The third-order valence-electron chi connectivity index (χ3n) is 4.46. The Labute approximate surface area is 188 Å². The molecule has 146 valence electrons. The maximum absolute atomic E-state index is 4.01. The van der Waals surface area contributed by atoms with Crippen LogP contribution in [0.4, 0.5) is 0 Å². The van der Waals surface area contributed by atoms with Crippen molar-refractivity contribution in [3.63, 3.8) is 0 Å². The van der Waals surface area contributed by atoms with Crippen molar-refractivity contribution in [2.24, 2.45) is 0 Å². The molecule has 29 heavy (non-hydrogen) atoms. The van der Waals surface area contributed by atoms with Gasteiger partial charge in [0.1, 0.15) is 15.9 Å². The van der Waals surface area contributed by atoms with E-state index in [1.54, 1.807) is 6.33 Å². The van der Waals surface area contributed by atoms with Crippen LogP contribution < -0.4 is 20.9 Å². The molecular formula is C25H21AuN2P+. The summed E-state index contributed by atoms with van der Waals surface area (Å²) in [5.41, 5.74) is 1.94. The van der Waals surface area contributed by atoms with E-state index in [-0.39, 0.29) is 22.4 Å². The largest absolute Gasteiger partial charge is 1.00 e. The fourth-order valence-electron chi connectivity index (χ4n) is 3.15. The molecule has 1 heterocycles. The molecule has 5 rings (SSSR count). The van der Waals surface area contributed by atoms with Gasteiger partial charge in [0.05, 0.1) is 7.92 Å². The van der Waals surface area contributed by atoms with Gasteiger partial charge in [-0.1, -0.05) is 85.2 Å². The Balaban J connectivity index is 0.000000201. The van der Waals surface area contributed by atoms with Gasteiger partial charge in [-0.2, -0.15) is 0 Å². The van der Waals surface area contributed by atoms with Gasteiger partial charge in [0.2, 0.25) is 0 Å². The maximum Gasteiger partial charge on any atom is 1.00 e. The molecule has 0 N–H and O–H groups in total. The molecule has 0 atom stereocenters. The molecule has 0 saturated carbocycles. The van der Waals surface area contributed by atoms with E-state index in [1.807, 2.05) is 24.3 Å². The van der Waals surface area contributed by atoms with Crippen molar-refractivity contribution in [1.29, 1.82) is 0 Å². The molecule has 0 fully saturated rings. The molecule has 4 heteroatoms. The first-order valence-corrected chi connectivity index (χ1v) is 10.8. The van der Waals surface area contributed by atoms with Gasteiger partial charge in [-0.15, -0.1) is 0 Å². The fourth-order valence-corrected chi connectivity index (χ4v) is 5.73. The minimum absolute atomic E-state index is 0. The second-order valence-electron chi connectivity index (χ2n) is 6.34. The predicted molar refractivity (Wildman–Crippen MR) is 122 cm³/mol. The smallest absolute Gasteiger partial charge is 0.443 e. The van der Waals surface area contributed by atoms with Crippen LogP contribution in [0.3, 0.4) is 0 Å². The molecule has 0 spiro atoms. The van der Waals surface area contributed by atoms with Crippen molar-refractivity contribution in [3.8, 4) is 0 Å². The van der Waals surface area contributed by atoms with E-state index in [0.29, 0.717) is 0 Å². The summed E-state index contributed by atoms with van der Waals surface area (Å²) >= 11 is 0. The van der Waals surface area contributed by atoms with Crippen LogP contribution in [-0.2, 0) is 22.4 Å². The van der Waals surface area contributed by atoms with Crippen LogP contribution in [0.2, 0.25) is 0 Å². The first kappa shape index (κ1) is 21.2. The summed E-state index contributed by atoms with van der Waals surface area (Å²) in [6.45, 7) is 0. The van der Waals surface area contributed by atoms with Crippen molar-refractivity contribution < 1.29 is 22.4 Å². The minimum atomic E-state index is -0.877. The molecule has 4 aromatic carbocycles. The van der Waals surface area contributed by atoms with Crippen LogP contribution in [0.1, 0.15) is 0 Å². The summed E-state index contributed by atoms with van der Waals surface area (Å²) in [5, 5.41) is 4.31. The molecular weight excluding hydrogens is 556 g/mol. The van der Waals surface area contributed by atoms with E-state index >= 15 is 0 Å². The number of imidazole rings is 1. The summed E-state index contributed by atoms with van der Waals surface area (Å²) < 4.78 is 0. The van der Waals surface area contributed by atoms with Crippen LogP contribution in [-0.4, -0.2) is 4.98 Å². The monoisotopic (exact) mass is 577 g/mol. The number of aromatic nitrogens is 2. The van der Waals surface area contributed by atoms with Gasteiger partial charge in [-0.25, -0.2) is 0 Å². The van der Waals surface area contributed by atoms with E-state index in [1.165, 1.54) is 15.9 Å². The third-order valence-corrected chi connectivity index (χ3v) is 7.19. The second-order valence-corrected chi connectivity index (χ2v) is 8.82. The van der Waals surface area contributed by atoms with E-state index in [4.69, 9.17) is 0 Å². The molecule has 5 aromatic rings. The van der Waals surface area contributed by atoms with Crippen LogP contribution in [0.5, 0.6) is 0 Å². The Morgan fingerprint density at radius 2 is 0.931 bits per heavy atom. The zero-order chi connectivity index (χ0) is 19.0. The predicted octanol–water partition coefficient (Wildman–Crippen LogP) is 4.37. The number of hydrogen-bond acceptors (Lipinski definition) is 1. The number of nitrogens with zero attached hydrogens (tertiary/aromatic N) is 2.